The minimum atomic E-state index is -0.139. The molecule has 0 aromatic carbocycles. The highest BCUT2D eigenvalue weighted by molar-refractivity contribution is 9.10. The zero-order valence-corrected chi connectivity index (χ0v) is 10.0. The van der Waals surface area contributed by atoms with Gasteiger partial charge >= 0.3 is 0 Å². The van der Waals surface area contributed by atoms with Gasteiger partial charge in [0.15, 0.2) is 5.82 Å². The Morgan fingerprint density at radius 2 is 2.38 bits per heavy atom. The molecule has 1 amide bonds. The average molecular weight is 309 g/mol. The monoisotopic (exact) mass is 307 g/mol. The summed E-state index contributed by atoms with van der Waals surface area (Å²) in [5, 5.41) is 2.86. The van der Waals surface area contributed by atoms with E-state index in [0.717, 1.165) is 0 Å². The number of hydrogen-bond acceptors (Lipinski definition) is 3. The number of nitrogens with zero attached hydrogens (tertiary/aromatic N) is 2. The maximum atomic E-state index is 11.0. The molecule has 0 unspecified atom stereocenters. The van der Waals surface area contributed by atoms with Gasteiger partial charge in [-0.05, 0) is 22.9 Å². The van der Waals surface area contributed by atoms with Gasteiger partial charge in [0.25, 0.3) is 0 Å². The number of nitrogens with one attached hydrogen (secondary N) is 1. The van der Waals surface area contributed by atoms with Gasteiger partial charge in [-0.1, -0.05) is 15.9 Å². The highest BCUT2D eigenvalue weighted by atomic mass is 79.9. The fourth-order valence-electron chi connectivity index (χ4n) is 0.741. The number of rotatable bonds is 2. The van der Waals surface area contributed by atoms with Gasteiger partial charge < -0.3 is 5.32 Å². The fraction of sp³-hybridized carbons (Fsp3) is 0.286. The minimum absolute atomic E-state index is 0.139. The first-order valence-corrected chi connectivity index (χ1v) is 5.40. The molecule has 70 valence electrons. The molecule has 0 radical (unpaired) electrons. The summed E-state index contributed by atoms with van der Waals surface area (Å²) in [6, 6.07) is 0. The first-order valence-electron chi connectivity index (χ1n) is 3.48. The summed E-state index contributed by atoms with van der Waals surface area (Å²) in [5.74, 6) is 0.354. The van der Waals surface area contributed by atoms with Crippen molar-refractivity contribution in [1.82, 2.24) is 9.97 Å². The van der Waals surface area contributed by atoms with E-state index in [1.54, 1.807) is 6.92 Å². The average Bonchev–Trinajstić information content (AvgIpc) is 2.09. The quantitative estimate of drug-likeness (QED) is 0.849. The largest absolute Gasteiger partial charge is 0.308 e. The number of carbonyl (C=O) groups is 1. The molecule has 1 N–H and O–H groups in total. The van der Waals surface area contributed by atoms with Gasteiger partial charge in [-0.15, -0.1) is 0 Å². The van der Waals surface area contributed by atoms with E-state index in [9.17, 15) is 4.79 Å². The van der Waals surface area contributed by atoms with Crippen molar-refractivity contribution in [2.75, 3.05) is 10.6 Å². The van der Waals surface area contributed by atoms with E-state index in [-0.39, 0.29) is 11.2 Å². The Kier molecular flexibility index (Phi) is 3.80. The van der Waals surface area contributed by atoms with Gasteiger partial charge in [0.2, 0.25) is 5.91 Å². The molecule has 0 fully saturated rings. The molecular formula is C7H7Br2N3O. The van der Waals surface area contributed by atoms with Crippen molar-refractivity contribution in [3.8, 4) is 0 Å². The van der Waals surface area contributed by atoms with Crippen LogP contribution in [0, 0.1) is 6.92 Å². The van der Waals surface area contributed by atoms with Crippen LogP contribution in [0.1, 0.15) is 5.69 Å². The van der Waals surface area contributed by atoms with Crippen LogP contribution in [-0.2, 0) is 4.79 Å². The predicted octanol–water partition coefficient (Wildman–Crippen LogP) is 1.88. The van der Waals surface area contributed by atoms with Crippen molar-refractivity contribution in [1.29, 1.82) is 0 Å². The Hall–Kier alpha value is -0.490. The van der Waals surface area contributed by atoms with Gasteiger partial charge in [0, 0.05) is 0 Å². The lowest BCUT2D eigenvalue weighted by Gasteiger charge is -2.04. The van der Waals surface area contributed by atoms with Crippen molar-refractivity contribution < 1.29 is 4.79 Å². The summed E-state index contributed by atoms with van der Waals surface area (Å²) in [4.78, 5) is 19.1. The summed E-state index contributed by atoms with van der Waals surface area (Å²) >= 11 is 6.23. The van der Waals surface area contributed by atoms with Crippen molar-refractivity contribution >= 4 is 43.6 Å². The lowest BCUT2D eigenvalue weighted by molar-refractivity contribution is -0.113. The van der Waals surface area contributed by atoms with E-state index < -0.39 is 0 Å². The molecule has 0 saturated carbocycles. The molecule has 0 aliphatic heterocycles. The minimum Gasteiger partial charge on any atom is -0.308 e. The molecule has 1 aromatic rings. The molecule has 0 aliphatic carbocycles. The number of aryl methyl sites for hydroxylation is 1. The van der Waals surface area contributed by atoms with Gasteiger partial charge in [0.1, 0.15) is 4.60 Å². The third-order valence-corrected chi connectivity index (χ3v) is 2.19. The zero-order valence-electron chi connectivity index (χ0n) is 6.84. The van der Waals surface area contributed by atoms with E-state index in [2.05, 4.69) is 47.1 Å². The number of alkyl halides is 1. The normalized spacial score (nSPS) is 9.77. The van der Waals surface area contributed by atoms with E-state index >= 15 is 0 Å². The third kappa shape index (κ3) is 3.04. The number of aromatic nitrogens is 2. The first kappa shape index (κ1) is 10.6. The molecule has 4 nitrogen and oxygen atoms in total. The van der Waals surface area contributed by atoms with E-state index in [1.807, 2.05) is 0 Å². The standard InChI is InChI=1S/C7H7Br2N3O/c1-4-7(12-6(13)2-8)10-3-5(9)11-4/h3H,2H2,1H3,(H,10,12,13). The predicted molar refractivity (Wildman–Crippen MR) is 56.9 cm³/mol. The molecule has 0 atom stereocenters. The Morgan fingerprint density at radius 3 is 2.92 bits per heavy atom. The van der Waals surface area contributed by atoms with Crippen LogP contribution in [0.5, 0.6) is 0 Å². The molecule has 1 heterocycles. The van der Waals surface area contributed by atoms with Crippen molar-refractivity contribution in [2.24, 2.45) is 0 Å². The van der Waals surface area contributed by atoms with Crippen LogP contribution in [0.3, 0.4) is 0 Å². The molecule has 1 rings (SSSR count). The van der Waals surface area contributed by atoms with E-state index in [4.69, 9.17) is 0 Å². The van der Waals surface area contributed by atoms with Crippen LogP contribution in [0.4, 0.5) is 5.82 Å². The summed E-state index contributed by atoms with van der Waals surface area (Å²) in [7, 11) is 0. The second-order valence-electron chi connectivity index (χ2n) is 2.31. The Labute approximate surface area is 92.4 Å². The highest BCUT2D eigenvalue weighted by Crippen LogP contribution is 2.12. The molecule has 0 aliphatic rings. The van der Waals surface area contributed by atoms with E-state index in [0.29, 0.717) is 16.1 Å². The maximum absolute atomic E-state index is 11.0. The summed E-state index contributed by atoms with van der Waals surface area (Å²) < 4.78 is 0.654. The van der Waals surface area contributed by atoms with Gasteiger partial charge in [0.05, 0.1) is 17.2 Å². The Morgan fingerprint density at radius 1 is 1.69 bits per heavy atom. The van der Waals surface area contributed by atoms with Gasteiger partial charge in [-0.25, -0.2) is 9.97 Å². The van der Waals surface area contributed by atoms with Crippen LogP contribution in [0.2, 0.25) is 0 Å². The van der Waals surface area contributed by atoms with Crippen LogP contribution in [0.25, 0.3) is 0 Å². The molecule has 6 heteroatoms. The van der Waals surface area contributed by atoms with Gasteiger partial charge in [-0.2, -0.15) is 0 Å². The molecule has 13 heavy (non-hydrogen) atoms. The Balaban J connectivity index is 2.83. The maximum Gasteiger partial charge on any atom is 0.236 e. The highest BCUT2D eigenvalue weighted by Gasteiger charge is 2.05. The number of carbonyl (C=O) groups excluding carboxylic acids is 1. The molecule has 0 saturated heterocycles. The fourth-order valence-corrected chi connectivity index (χ4v) is 1.25. The molecule has 1 aromatic heterocycles. The summed E-state index contributed by atoms with van der Waals surface area (Å²) in [6.07, 6.45) is 1.54. The van der Waals surface area contributed by atoms with E-state index in [1.165, 1.54) is 6.20 Å². The second-order valence-corrected chi connectivity index (χ2v) is 3.68. The van der Waals surface area contributed by atoms with Crippen LogP contribution >= 0.6 is 31.9 Å². The lowest BCUT2D eigenvalue weighted by atomic mass is 10.4. The number of hydrogen-bond donors (Lipinski definition) is 1. The smallest absolute Gasteiger partial charge is 0.236 e. The van der Waals surface area contributed by atoms with Gasteiger partial charge in [-0.3, -0.25) is 4.79 Å². The third-order valence-electron chi connectivity index (χ3n) is 1.30. The lowest BCUT2D eigenvalue weighted by Crippen LogP contribution is -2.14. The molecule has 0 spiro atoms. The SMILES string of the molecule is Cc1nc(Br)cnc1NC(=O)CBr. The zero-order chi connectivity index (χ0) is 9.84. The van der Waals surface area contributed by atoms with Crippen LogP contribution in [-0.4, -0.2) is 21.2 Å². The number of amides is 1. The second kappa shape index (κ2) is 4.66. The molecule has 0 bridgehead atoms. The van der Waals surface area contributed by atoms with Crippen molar-refractivity contribution in [3.63, 3.8) is 0 Å². The van der Waals surface area contributed by atoms with Crippen molar-refractivity contribution in [2.45, 2.75) is 6.92 Å². The van der Waals surface area contributed by atoms with Crippen LogP contribution in [0.15, 0.2) is 10.8 Å². The molecular weight excluding hydrogens is 302 g/mol. The van der Waals surface area contributed by atoms with Crippen molar-refractivity contribution in [3.05, 3.63) is 16.5 Å². The topological polar surface area (TPSA) is 54.9 Å². The Bertz CT molecular complexity index is 330. The first-order chi connectivity index (χ1) is 6.13. The summed E-state index contributed by atoms with van der Waals surface area (Å²) in [5.41, 5.74) is 0.684. The number of halogens is 2. The van der Waals surface area contributed by atoms with Crippen LogP contribution < -0.4 is 5.32 Å². The number of anilines is 1. The summed E-state index contributed by atoms with van der Waals surface area (Å²) in [6.45, 7) is 1.78.